The van der Waals surface area contributed by atoms with Gasteiger partial charge in [-0.2, -0.15) is 0 Å². The van der Waals surface area contributed by atoms with E-state index < -0.39 is 0 Å². The van der Waals surface area contributed by atoms with Gasteiger partial charge in [-0.15, -0.1) is 0 Å². The monoisotopic (exact) mass is 181 g/mol. The van der Waals surface area contributed by atoms with Crippen molar-refractivity contribution >= 4 is 0 Å². The molecule has 1 heteroatoms. The maximum atomic E-state index is 5.79. The van der Waals surface area contributed by atoms with Crippen molar-refractivity contribution in [3.8, 4) is 0 Å². The van der Waals surface area contributed by atoms with E-state index >= 15 is 0 Å². The van der Waals surface area contributed by atoms with E-state index in [-0.39, 0.29) is 0 Å². The lowest BCUT2D eigenvalue weighted by atomic mass is 10.0. The van der Waals surface area contributed by atoms with E-state index in [0.29, 0.717) is 0 Å². The van der Waals surface area contributed by atoms with Crippen LogP contribution in [0.3, 0.4) is 0 Å². The fourth-order valence-corrected chi connectivity index (χ4v) is 0.686. The molecule has 0 bridgehead atoms. The van der Waals surface area contributed by atoms with Crippen molar-refractivity contribution < 1.29 is 0 Å². The van der Waals surface area contributed by atoms with Crippen LogP contribution in [0.15, 0.2) is 35.6 Å². The predicted molar refractivity (Wildman–Crippen MR) is 62.5 cm³/mol. The molecule has 0 amide bonds. The summed E-state index contributed by atoms with van der Waals surface area (Å²) >= 11 is 0. The molecule has 0 unspecified atom stereocenters. The zero-order chi connectivity index (χ0) is 11.0. The summed E-state index contributed by atoms with van der Waals surface area (Å²) in [6, 6.07) is 0. The van der Waals surface area contributed by atoms with Crippen molar-refractivity contribution in [3.05, 3.63) is 35.6 Å². The van der Waals surface area contributed by atoms with Gasteiger partial charge in [0.05, 0.1) is 0 Å². The molecule has 0 saturated carbocycles. The second-order valence-electron chi connectivity index (χ2n) is 2.78. The molecule has 0 rings (SSSR count). The summed E-state index contributed by atoms with van der Waals surface area (Å²) in [7, 11) is 0. The van der Waals surface area contributed by atoms with E-state index in [2.05, 4.69) is 13.2 Å². The molecule has 0 saturated heterocycles. The predicted octanol–water partition coefficient (Wildman–Crippen LogP) is 3.79. The first kappa shape index (κ1) is 14.5. The summed E-state index contributed by atoms with van der Waals surface area (Å²) in [6.07, 6.45) is 0.899. The minimum absolute atomic E-state index is 0.792. The van der Waals surface area contributed by atoms with Crippen molar-refractivity contribution in [1.29, 1.82) is 0 Å². The Labute approximate surface area is 83.0 Å². The Morgan fingerprint density at radius 3 is 1.77 bits per heavy atom. The highest BCUT2D eigenvalue weighted by molar-refractivity contribution is 5.38. The number of hydrogen-bond acceptors (Lipinski definition) is 1. The Morgan fingerprint density at radius 1 is 1.15 bits per heavy atom. The first-order chi connectivity index (χ1) is 6.00. The third kappa shape index (κ3) is 5.29. The third-order valence-electron chi connectivity index (χ3n) is 1.85. The lowest BCUT2D eigenvalue weighted by Crippen LogP contribution is -2.03. The second-order valence-corrected chi connectivity index (χ2v) is 2.78. The van der Waals surface area contributed by atoms with Gasteiger partial charge in [-0.05, 0) is 31.4 Å². The van der Waals surface area contributed by atoms with Crippen LogP contribution >= 0.6 is 0 Å². The summed E-state index contributed by atoms with van der Waals surface area (Å²) in [5, 5.41) is 0. The van der Waals surface area contributed by atoms with Crippen molar-refractivity contribution in [1.82, 2.24) is 0 Å². The highest BCUT2D eigenvalue weighted by Gasteiger charge is 2.00. The van der Waals surface area contributed by atoms with E-state index in [4.69, 9.17) is 5.73 Å². The number of hydrogen-bond donors (Lipinski definition) is 1. The van der Waals surface area contributed by atoms with Gasteiger partial charge in [0.2, 0.25) is 0 Å². The first-order valence-corrected chi connectivity index (χ1v) is 4.81. The van der Waals surface area contributed by atoms with Crippen molar-refractivity contribution in [2.45, 2.75) is 41.0 Å². The Balaban J connectivity index is 0. The van der Waals surface area contributed by atoms with Gasteiger partial charge in [0.15, 0.2) is 0 Å². The molecule has 0 heterocycles. The average Bonchev–Trinajstić information content (AvgIpc) is 2.17. The average molecular weight is 181 g/mol. The molecule has 0 radical (unpaired) electrons. The van der Waals surface area contributed by atoms with Gasteiger partial charge in [0, 0.05) is 5.70 Å². The molecule has 0 spiro atoms. The van der Waals surface area contributed by atoms with E-state index in [1.807, 2.05) is 34.6 Å². The minimum Gasteiger partial charge on any atom is -0.398 e. The fourth-order valence-electron chi connectivity index (χ4n) is 0.686. The molecule has 13 heavy (non-hydrogen) atoms. The molecule has 0 aromatic heterocycles. The standard InChI is InChI=1S/C10H17N.C2H6/c1-6-8(4)10(11)9(5)7(2)3;1-2/h2,4,6,11H2,1,3,5H3;1-2H3/b10-9+;. The van der Waals surface area contributed by atoms with Crippen LogP contribution in [0.25, 0.3) is 0 Å². The number of nitrogens with two attached hydrogens (primary N) is 1. The van der Waals surface area contributed by atoms with Gasteiger partial charge in [0.1, 0.15) is 0 Å². The lowest BCUT2D eigenvalue weighted by molar-refractivity contribution is 1.07. The maximum Gasteiger partial charge on any atom is 0.0372 e. The number of rotatable bonds is 3. The largest absolute Gasteiger partial charge is 0.398 e. The molecule has 0 aromatic rings. The quantitative estimate of drug-likeness (QED) is 0.659. The Bertz CT molecular complexity index is 209. The van der Waals surface area contributed by atoms with Gasteiger partial charge in [0.25, 0.3) is 0 Å². The molecular formula is C12H23N. The van der Waals surface area contributed by atoms with Gasteiger partial charge >= 0.3 is 0 Å². The molecule has 1 nitrogen and oxygen atoms in total. The molecular weight excluding hydrogens is 158 g/mol. The van der Waals surface area contributed by atoms with Gasteiger partial charge < -0.3 is 5.73 Å². The van der Waals surface area contributed by atoms with Crippen LogP contribution in [0, 0.1) is 0 Å². The topological polar surface area (TPSA) is 26.0 Å². The van der Waals surface area contributed by atoms with Crippen LogP contribution < -0.4 is 5.73 Å². The van der Waals surface area contributed by atoms with Crippen LogP contribution in [-0.4, -0.2) is 0 Å². The summed E-state index contributed by atoms with van der Waals surface area (Å²) < 4.78 is 0. The van der Waals surface area contributed by atoms with Crippen LogP contribution in [-0.2, 0) is 0 Å². The Hall–Kier alpha value is -0.980. The van der Waals surface area contributed by atoms with Crippen molar-refractivity contribution in [2.24, 2.45) is 5.73 Å². The first-order valence-electron chi connectivity index (χ1n) is 4.81. The van der Waals surface area contributed by atoms with E-state index in [0.717, 1.165) is 28.8 Å². The van der Waals surface area contributed by atoms with Crippen LogP contribution in [0.1, 0.15) is 41.0 Å². The molecule has 76 valence electrons. The van der Waals surface area contributed by atoms with Crippen molar-refractivity contribution in [2.75, 3.05) is 0 Å². The normalized spacial score (nSPS) is 10.8. The zero-order valence-electron chi connectivity index (χ0n) is 9.70. The molecule has 0 aliphatic heterocycles. The molecule has 0 fully saturated rings. The third-order valence-corrected chi connectivity index (χ3v) is 1.85. The highest BCUT2D eigenvalue weighted by atomic mass is 14.6. The van der Waals surface area contributed by atoms with E-state index in [1.54, 1.807) is 0 Å². The molecule has 0 atom stereocenters. The van der Waals surface area contributed by atoms with Crippen LogP contribution in [0.4, 0.5) is 0 Å². The Kier molecular flexibility index (Phi) is 8.56. The summed E-state index contributed by atoms with van der Waals surface area (Å²) in [4.78, 5) is 0. The van der Waals surface area contributed by atoms with Crippen molar-refractivity contribution in [3.63, 3.8) is 0 Å². The van der Waals surface area contributed by atoms with Crippen LogP contribution in [0.5, 0.6) is 0 Å². The van der Waals surface area contributed by atoms with Gasteiger partial charge in [-0.1, -0.05) is 39.5 Å². The minimum atomic E-state index is 0.792. The number of allylic oxidation sites excluding steroid dienone is 3. The molecule has 0 aromatic carbocycles. The Morgan fingerprint density at radius 2 is 1.54 bits per heavy atom. The van der Waals surface area contributed by atoms with E-state index in [9.17, 15) is 0 Å². The SMILES string of the molecule is C=C(C)/C(C)=C(/N)C(=C)CC.CC. The highest BCUT2D eigenvalue weighted by Crippen LogP contribution is 2.15. The zero-order valence-corrected chi connectivity index (χ0v) is 9.70. The van der Waals surface area contributed by atoms with E-state index in [1.165, 1.54) is 0 Å². The molecule has 2 N–H and O–H groups in total. The lowest BCUT2D eigenvalue weighted by Gasteiger charge is -2.07. The molecule has 0 aliphatic carbocycles. The summed E-state index contributed by atoms with van der Waals surface area (Å²) in [5.41, 5.74) is 9.64. The smallest absolute Gasteiger partial charge is 0.0372 e. The summed E-state index contributed by atoms with van der Waals surface area (Å²) in [5.74, 6) is 0. The van der Waals surface area contributed by atoms with Crippen LogP contribution in [0.2, 0.25) is 0 Å². The maximum absolute atomic E-state index is 5.79. The van der Waals surface area contributed by atoms with Gasteiger partial charge in [-0.3, -0.25) is 0 Å². The van der Waals surface area contributed by atoms with Gasteiger partial charge in [-0.25, -0.2) is 0 Å². The molecule has 0 aliphatic rings. The summed E-state index contributed by atoms with van der Waals surface area (Å²) in [6.45, 7) is 17.6. The fraction of sp³-hybridized carbons (Fsp3) is 0.500. The second kappa shape index (κ2) is 7.66.